The fraction of sp³-hybridized carbons (Fsp3) is 0.889. The highest BCUT2D eigenvalue weighted by molar-refractivity contribution is 5.80. The van der Waals surface area contributed by atoms with Gasteiger partial charge in [-0.2, -0.15) is 0 Å². The zero-order chi connectivity index (χ0) is 17.4. The quantitative estimate of drug-likeness (QED) is 0.669. The van der Waals surface area contributed by atoms with Crippen LogP contribution >= 0.6 is 0 Å². The van der Waals surface area contributed by atoms with Crippen molar-refractivity contribution >= 4 is 11.7 Å². The van der Waals surface area contributed by atoms with Gasteiger partial charge in [0, 0.05) is 31.5 Å². The summed E-state index contributed by atoms with van der Waals surface area (Å²) in [5.74, 6) is 0.837. The van der Waals surface area contributed by atoms with E-state index >= 15 is 0 Å². The van der Waals surface area contributed by atoms with Gasteiger partial charge in [-0.05, 0) is 38.8 Å². The van der Waals surface area contributed by atoms with Crippen molar-refractivity contribution in [2.24, 2.45) is 5.92 Å². The van der Waals surface area contributed by atoms with Gasteiger partial charge in [0.05, 0.1) is 26.2 Å². The van der Waals surface area contributed by atoms with E-state index in [9.17, 15) is 9.59 Å². The molecule has 2 rings (SSSR count). The number of Topliss-reactive ketones (excluding diaryl/α,β-unsaturated/α-hetero) is 1. The molecule has 138 valence electrons. The lowest BCUT2D eigenvalue weighted by molar-refractivity contribution is -0.134. The minimum absolute atomic E-state index is 0.000129. The van der Waals surface area contributed by atoms with E-state index in [2.05, 4.69) is 4.90 Å². The van der Waals surface area contributed by atoms with Crippen LogP contribution in [-0.2, 0) is 14.3 Å². The average molecular weight is 340 g/mol. The highest BCUT2D eigenvalue weighted by Gasteiger charge is 2.30. The lowest BCUT2D eigenvalue weighted by atomic mass is 9.89. The Labute approximate surface area is 145 Å². The van der Waals surface area contributed by atoms with Gasteiger partial charge in [-0.3, -0.25) is 9.59 Å². The smallest absolute Gasteiger partial charge is 0.224 e. The topological polar surface area (TPSA) is 70.1 Å². The van der Waals surface area contributed by atoms with E-state index < -0.39 is 0 Å². The van der Waals surface area contributed by atoms with Gasteiger partial charge < -0.3 is 19.6 Å². The van der Waals surface area contributed by atoms with Gasteiger partial charge in [-0.1, -0.05) is 6.92 Å². The molecule has 2 fully saturated rings. The number of hydrogen-bond donors (Lipinski definition) is 1. The number of aliphatic hydroxyl groups is 1. The zero-order valence-corrected chi connectivity index (χ0v) is 14.9. The molecule has 0 aliphatic carbocycles. The molecule has 2 aliphatic heterocycles. The maximum absolute atomic E-state index is 12.1. The summed E-state index contributed by atoms with van der Waals surface area (Å²) in [5, 5.41) is 8.65. The number of carbonyl (C=O) groups excluding carboxylic acids is 2. The second-order valence-corrected chi connectivity index (χ2v) is 6.83. The maximum atomic E-state index is 12.1. The molecule has 24 heavy (non-hydrogen) atoms. The molecule has 0 radical (unpaired) electrons. The number of carbonyl (C=O) groups is 2. The lowest BCUT2D eigenvalue weighted by Crippen LogP contribution is -2.49. The molecule has 0 aromatic rings. The van der Waals surface area contributed by atoms with Crippen molar-refractivity contribution < 1.29 is 19.4 Å². The Morgan fingerprint density at radius 3 is 2.29 bits per heavy atom. The van der Waals surface area contributed by atoms with Crippen LogP contribution in [0.4, 0.5) is 0 Å². The third kappa shape index (κ3) is 5.53. The number of ether oxygens (including phenoxy) is 1. The largest absolute Gasteiger partial charge is 0.394 e. The molecule has 0 spiro atoms. The van der Waals surface area contributed by atoms with E-state index in [4.69, 9.17) is 9.84 Å². The Morgan fingerprint density at radius 2 is 1.71 bits per heavy atom. The number of aliphatic hydroxyl groups excluding tert-OH is 1. The van der Waals surface area contributed by atoms with Crippen molar-refractivity contribution in [3.8, 4) is 0 Å². The molecule has 6 nitrogen and oxygen atoms in total. The predicted molar refractivity (Wildman–Crippen MR) is 91.7 cm³/mol. The second kappa shape index (κ2) is 10.1. The third-order valence-electron chi connectivity index (χ3n) is 5.36. The van der Waals surface area contributed by atoms with Gasteiger partial charge in [0.15, 0.2) is 0 Å². The van der Waals surface area contributed by atoms with E-state index in [0.717, 1.165) is 51.9 Å². The van der Waals surface area contributed by atoms with Crippen molar-refractivity contribution in [2.45, 2.75) is 51.5 Å². The van der Waals surface area contributed by atoms with Crippen molar-refractivity contribution in [3.05, 3.63) is 0 Å². The molecule has 0 saturated carbocycles. The Hall–Kier alpha value is -0.980. The van der Waals surface area contributed by atoms with Gasteiger partial charge in [-0.15, -0.1) is 0 Å². The number of piperidine rings is 2. The van der Waals surface area contributed by atoms with Crippen LogP contribution in [0.2, 0.25) is 0 Å². The van der Waals surface area contributed by atoms with Gasteiger partial charge in [0.25, 0.3) is 0 Å². The lowest BCUT2D eigenvalue weighted by Gasteiger charge is -2.41. The first-order valence-corrected chi connectivity index (χ1v) is 9.38. The zero-order valence-electron chi connectivity index (χ0n) is 14.9. The summed E-state index contributed by atoms with van der Waals surface area (Å²) in [4.78, 5) is 28.4. The molecule has 0 bridgehead atoms. The van der Waals surface area contributed by atoms with Crippen LogP contribution in [0, 0.1) is 5.92 Å². The van der Waals surface area contributed by atoms with Crippen LogP contribution in [0.1, 0.15) is 45.4 Å². The fourth-order valence-electron chi connectivity index (χ4n) is 3.84. The van der Waals surface area contributed by atoms with Crippen LogP contribution in [0.25, 0.3) is 0 Å². The molecule has 1 N–H and O–H groups in total. The SMILES string of the molecule is CCC(=O)C1CCN(C2CCN(C(=O)CCOCCO)CC2)CC1. The number of rotatable bonds is 8. The third-order valence-corrected chi connectivity index (χ3v) is 5.36. The summed E-state index contributed by atoms with van der Waals surface area (Å²) in [7, 11) is 0. The maximum Gasteiger partial charge on any atom is 0.224 e. The van der Waals surface area contributed by atoms with Crippen molar-refractivity contribution in [3.63, 3.8) is 0 Å². The summed E-state index contributed by atoms with van der Waals surface area (Å²) >= 11 is 0. The van der Waals surface area contributed by atoms with Crippen molar-refractivity contribution in [1.82, 2.24) is 9.80 Å². The summed E-state index contributed by atoms with van der Waals surface area (Å²) < 4.78 is 5.17. The summed E-state index contributed by atoms with van der Waals surface area (Å²) in [5.41, 5.74) is 0. The Kier molecular flexibility index (Phi) is 8.15. The van der Waals surface area contributed by atoms with E-state index in [1.807, 2.05) is 11.8 Å². The monoisotopic (exact) mass is 340 g/mol. The average Bonchev–Trinajstić information content (AvgIpc) is 2.64. The molecule has 0 aromatic carbocycles. The number of likely N-dealkylation sites (tertiary alicyclic amines) is 2. The van der Waals surface area contributed by atoms with E-state index in [1.165, 1.54) is 0 Å². The first-order valence-electron chi connectivity index (χ1n) is 9.38. The molecule has 6 heteroatoms. The highest BCUT2D eigenvalue weighted by atomic mass is 16.5. The highest BCUT2D eigenvalue weighted by Crippen LogP contribution is 2.25. The van der Waals surface area contributed by atoms with Crippen molar-refractivity contribution in [1.29, 1.82) is 0 Å². The molecule has 2 aliphatic rings. The summed E-state index contributed by atoms with van der Waals surface area (Å²) in [6, 6.07) is 0.553. The van der Waals surface area contributed by atoms with E-state index in [-0.39, 0.29) is 18.4 Å². The molecular weight excluding hydrogens is 308 g/mol. The second-order valence-electron chi connectivity index (χ2n) is 6.83. The fourth-order valence-corrected chi connectivity index (χ4v) is 3.84. The molecular formula is C18H32N2O4. The first-order chi connectivity index (χ1) is 11.7. The summed E-state index contributed by atoms with van der Waals surface area (Å²) in [6.07, 6.45) is 5.09. The van der Waals surface area contributed by atoms with Gasteiger partial charge >= 0.3 is 0 Å². The molecule has 2 heterocycles. The molecule has 2 saturated heterocycles. The number of amides is 1. The standard InChI is InChI=1S/C18H32N2O4/c1-2-17(22)15-3-8-19(9-4-15)16-5-10-20(11-6-16)18(23)7-13-24-14-12-21/h15-16,21H,2-14H2,1H3. The molecule has 0 atom stereocenters. The Morgan fingerprint density at radius 1 is 1.04 bits per heavy atom. The van der Waals surface area contributed by atoms with Gasteiger partial charge in [0.2, 0.25) is 5.91 Å². The number of ketones is 1. The van der Waals surface area contributed by atoms with Crippen LogP contribution < -0.4 is 0 Å². The Balaban J connectivity index is 1.66. The normalized spacial score (nSPS) is 21.2. The molecule has 1 amide bonds. The van der Waals surface area contributed by atoms with E-state index in [0.29, 0.717) is 37.9 Å². The van der Waals surface area contributed by atoms with Crippen LogP contribution in [0.3, 0.4) is 0 Å². The Bertz CT molecular complexity index is 400. The minimum atomic E-state index is 0.000129. The first kappa shape index (κ1) is 19.3. The molecule has 0 aromatic heterocycles. The van der Waals surface area contributed by atoms with Crippen molar-refractivity contribution in [2.75, 3.05) is 46.0 Å². The van der Waals surface area contributed by atoms with Crippen LogP contribution in [-0.4, -0.2) is 78.6 Å². The molecule has 0 unspecified atom stereocenters. The van der Waals surface area contributed by atoms with E-state index in [1.54, 1.807) is 0 Å². The van der Waals surface area contributed by atoms with Crippen LogP contribution in [0.15, 0.2) is 0 Å². The van der Waals surface area contributed by atoms with Crippen LogP contribution in [0.5, 0.6) is 0 Å². The number of hydrogen-bond acceptors (Lipinski definition) is 5. The summed E-state index contributed by atoms with van der Waals surface area (Å²) in [6.45, 7) is 6.31. The predicted octanol–water partition coefficient (Wildman–Crippen LogP) is 1.07. The van der Waals surface area contributed by atoms with Gasteiger partial charge in [-0.25, -0.2) is 0 Å². The number of nitrogens with zero attached hydrogens (tertiary/aromatic N) is 2. The minimum Gasteiger partial charge on any atom is -0.394 e. The van der Waals surface area contributed by atoms with Gasteiger partial charge in [0.1, 0.15) is 5.78 Å².